The molecule has 0 fully saturated rings. The largest absolute Gasteiger partial charge is 0.311 e. The molecule has 0 atom stereocenters. The molecule has 15 aromatic rings. The molecule has 0 spiro atoms. The summed E-state index contributed by atoms with van der Waals surface area (Å²) in [5.74, 6) is 0. The molecular weight excluding hydrogens is 1100 g/mol. The molecule has 0 amide bonds. The SMILES string of the molecule is CC(C)(C)c1ccccc1-c1ccccc1N1c2ccc(-c3ccccc3-n3c4ccccc4c4ccccc43)cc2B2c3cc(-c4ccccc4-n4c5ccccc5c5ccccc54)ccc3N(c3ccccc3-c3ccccc3C(C)(C)C)c3cccc1c32. The summed E-state index contributed by atoms with van der Waals surface area (Å²) in [6.07, 6.45) is 0. The predicted octanol–water partition coefficient (Wildman–Crippen LogP) is 21.2. The number of hydrogen-bond acceptors (Lipinski definition) is 2. The van der Waals surface area contributed by atoms with E-state index in [0.717, 1.165) is 56.6 Å². The van der Waals surface area contributed by atoms with Crippen LogP contribution in [0.1, 0.15) is 52.7 Å². The van der Waals surface area contributed by atoms with Gasteiger partial charge in [-0.15, -0.1) is 0 Å². The number of anilines is 6. The number of aromatic nitrogens is 2. The van der Waals surface area contributed by atoms with Crippen LogP contribution in [0.4, 0.5) is 34.1 Å². The maximum atomic E-state index is 2.60. The minimum absolute atomic E-state index is 0.111. The Balaban J connectivity index is 0.971. The molecule has 2 aromatic heterocycles. The van der Waals surface area contributed by atoms with E-state index in [2.05, 4.69) is 358 Å². The van der Waals surface area contributed by atoms with Crippen molar-refractivity contribution in [3.05, 3.63) is 308 Å². The van der Waals surface area contributed by atoms with Crippen LogP contribution >= 0.6 is 0 Å². The van der Waals surface area contributed by atoms with Crippen LogP contribution in [0.25, 0.3) is 99.5 Å². The fraction of sp³-hybridized carbons (Fsp3) is 0.0930. The van der Waals surface area contributed by atoms with Crippen molar-refractivity contribution in [1.29, 1.82) is 0 Å². The summed E-state index contributed by atoms with van der Waals surface area (Å²) >= 11 is 0. The summed E-state index contributed by atoms with van der Waals surface area (Å²) in [7, 11) is 0. The number of nitrogens with zero attached hydrogens (tertiary/aromatic N) is 4. The number of hydrogen-bond donors (Lipinski definition) is 0. The third-order valence-electron chi connectivity index (χ3n) is 19.4. The van der Waals surface area contributed by atoms with Gasteiger partial charge >= 0.3 is 0 Å². The maximum absolute atomic E-state index is 2.60. The van der Waals surface area contributed by atoms with Gasteiger partial charge in [0.05, 0.1) is 44.8 Å². The molecule has 0 radical (unpaired) electrons. The highest BCUT2D eigenvalue weighted by atomic mass is 15.2. The van der Waals surface area contributed by atoms with Crippen LogP contribution in [0.5, 0.6) is 0 Å². The van der Waals surface area contributed by atoms with Gasteiger partial charge in [-0.2, -0.15) is 0 Å². The first-order valence-electron chi connectivity index (χ1n) is 32.0. The third kappa shape index (κ3) is 8.51. The molecule has 5 heteroatoms. The van der Waals surface area contributed by atoms with Crippen molar-refractivity contribution in [3.8, 4) is 55.9 Å². The summed E-state index contributed by atoms with van der Waals surface area (Å²) in [5, 5.41) is 4.97. The van der Waals surface area contributed by atoms with E-state index in [1.807, 2.05) is 0 Å². The maximum Gasteiger partial charge on any atom is 0.252 e. The highest BCUT2D eigenvalue weighted by molar-refractivity contribution is 7.00. The Labute approximate surface area is 533 Å². The van der Waals surface area contributed by atoms with Crippen LogP contribution in [0.3, 0.4) is 0 Å². The molecule has 0 unspecified atom stereocenters. The highest BCUT2D eigenvalue weighted by Gasteiger charge is 2.45. The second-order valence-corrected chi connectivity index (χ2v) is 26.8. The fourth-order valence-electron chi connectivity index (χ4n) is 15.5. The molecule has 434 valence electrons. The van der Waals surface area contributed by atoms with Gasteiger partial charge in [-0.3, -0.25) is 0 Å². The average Bonchev–Trinajstić information content (AvgIpc) is 1.46. The molecule has 91 heavy (non-hydrogen) atoms. The van der Waals surface area contributed by atoms with E-state index in [9.17, 15) is 0 Å². The van der Waals surface area contributed by atoms with E-state index in [4.69, 9.17) is 0 Å². The van der Waals surface area contributed by atoms with Gasteiger partial charge < -0.3 is 18.9 Å². The monoisotopic (exact) mass is 1170 g/mol. The van der Waals surface area contributed by atoms with Crippen molar-refractivity contribution >= 4 is 101 Å². The standard InChI is InChI=1S/C86H67BN4/c1-85(2,3)68-38-17-7-30-60(68)62-32-11-21-42-74(62)90-80-52-50-56(58-28-9-19-40-72(58)88-76-44-23-13-34-64(76)65-35-14-24-45-77(65)88)54-70(80)87-71-55-57(59-29-10-20-41-73(59)89-78-46-25-15-36-66(78)67-37-16-26-47-79(67)89)51-53-81(71)91(83-49-27-48-82(90)84(83)87)75-43-22-12-33-63(75)61-31-8-18-39-69(61)86(4,5)6/h7-55H,1-6H3. The molecule has 4 nitrogen and oxygen atoms in total. The lowest BCUT2D eigenvalue weighted by molar-refractivity contribution is 0.591. The van der Waals surface area contributed by atoms with Crippen LogP contribution in [0, 0.1) is 0 Å². The highest BCUT2D eigenvalue weighted by Crippen LogP contribution is 2.51. The number of fused-ring (bicyclic) bond motifs is 10. The summed E-state index contributed by atoms with van der Waals surface area (Å²) < 4.78 is 4.96. The Hall–Kier alpha value is -10.9. The minimum Gasteiger partial charge on any atom is -0.311 e. The molecule has 0 aliphatic carbocycles. The van der Waals surface area contributed by atoms with Crippen LogP contribution in [-0.2, 0) is 10.8 Å². The third-order valence-corrected chi connectivity index (χ3v) is 19.4. The molecular formula is C86H67BN4. The average molecular weight is 1170 g/mol. The van der Waals surface area contributed by atoms with Crippen molar-refractivity contribution < 1.29 is 0 Å². The second-order valence-electron chi connectivity index (χ2n) is 26.8. The van der Waals surface area contributed by atoms with Crippen molar-refractivity contribution in [2.45, 2.75) is 52.4 Å². The van der Waals surface area contributed by atoms with Crippen molar-refractivity contribution in [1.82, 2.24) is 9.13 Å². The summed E-state index contributed by atoms with van der Waals surface area (Å²) in [6, 6.07) is 112. The van der Waals surface area contributed by atoms with Crippen LogP contribution < -0.4 is 26.2 Å². The Bertz CT molecular complexity index is 4990. The molecule has 17 rings (SSSR count). The lowest BCUT2D eigenvalue weighted by Gasteiger charge is -2.45. The van der Waals surface area contributed by atoms with E-state index < -0.39 is 0 Å². The normalized spacial score (nSPS) is 12.9. The fourth-order valence-corrected chi connectivity index (χ4v) is 15.5. The van der Waals surface area contributed by atoms with Crippen molar-refractivity contribution in [3.63, 3.8) is 0 Å². The van der Waals surface area contributed by atoms with Gasteiger partial charge in [0, 0.05) is 66.5 Å². The van der Waals surface area contributed by atoms with Gasteiger partial charge in [-0.1, -0.05) is 266 Å². The van der Waals surface area contributed by atoms with E-state index in [-0.39, 0.29) is 17.5 Å². The summed E-state index contributed by atoms with van der Waals surface area (Å²) in [6.45, 7) is 13.8. The smallest absolute Gasteiger partial charge is 0.252 e. The summed E-state index contributed by atoms with van der Waals surface area (Å²) in [5.41, 5.74) is 29.6. The first-order valence-corrected chi connectivity index (χ1v) is 32.0. The minimum atomic E-state index is -0.201. The number of para-hydroxylation sites is 8. The molecule has 2 aliphatic rings. The van der Waals surface area contributed by atoms with Gasteiger partial charge in [0.1, 0.15) is 0 Å². The van der Waals surface area contributed by atoms with Crippen molar-refractivity contribution in [2.24, 2.45) is 0 Å². The first-order chi connectivity index (χ1) is 44.5. The second kappa shape index (κ2) is 20.9. The zero-order valence-electron chi connectivity index (χ0n) is 52.2. The zero-order valence-corrected chi connectivity index (χ0v) is 52.2. The van der Waals surface area contributed by atoms with E-state index in [1.54, 1.807) is 0 Å². The Morgan fingerprint density at radius 1 is 0.242 bits per heavy atom. The van der Waals surface area contributed by atoms with Crippen LogP contribution in [0.2, 0.25) is 0 Å². The topological polar surface area (TPSA) is 16.3 Å². The number of rotatable bonds is 8. The van der Waals surface area contributed by atoms with Gasteiger partial charge in [0.15, 0.2) is 0 Å². The molecule has 0 bridgehead atoms. The molecule has 0 N–H and O–H groups in total. The molecule has 0 saturated heterocycles. The first kappa shape index (κ1) is 54.3. The molecule has 13 aromatic carbocycles. The summed E-state index contributed by atoms with van der Waals surface area (Å²) in [4.78, 5) is 5.21. The predicted molar refractivity (Wildman–Crippen MR) is 388 cm³/mol. The van der Waals surface area contributed by atoms with E-state index in [0.29, 0.717) is 0 Å². The van der Waals surface area contributed by atoms with Crippen LogP contribution in [0.15, 0.2) is 297 Å². The van der Waals surface area contributed by atoms with E-state index >= 15 is 0 Å². The van der Waals surface area contributed by atoms with Gasteiger partial charge in [-0.05, 0) is 133 Å². The van der Waals surface area contributed by atoms with Gasteiger partial charge in [-0.25, -0.2) is 0 Å². The lowest BCUT2D eigenvalue weighted by Crippen LogP contribution is -2.61. The van der Waals surface area contributed by atoms with Gasteiger partial charge in [0.2, 0.25) is 0 Å². The van der Waals surface area contributed by atoms with Crippen LogP contribution in [-0.4, -0.2) is 15.8 Å². The molecule has 0 saturated carbocycles. The van der Waals surface area contributed by atoms with Crippen molar-refractivity contribution in [2.75, 3.05) is 9.80 Å². The van der Waals surface area contributed by atoms with Gasteiger partial charge in [0.25, 0.3) is 6.71 Å². The zero-order chi connectivity index (χ0) is 61.3. The number of benzene rings is 13. The molecule has 4 heterocycles. The molecule has 2 aliphatic heterocycles. The Morgan fingerprint density at radius 3 is 0.912 bits per heavy atom. The quantitative estimate of drug-likeness (QED) is 0.141. The van der Waals surface area contributed by atoms with E-state index in [1.165, 1.54) is 105 Å². The Kier molecular flexibility index (Phi) is 12.5. The lowest BCUT2D eigenvalue weighted by atomic mass is 9.33. The Morgan fingerprint density at radius 2 is 0.538 bits per heavy atom.